The third kappa shape index (κ3) is 3.48. The fourth-order valence-electron chi connectivity index (χ4n) is 1.77. The van der Waals surface area contributed by atoms with E-state index in [1.54, 1.807) is 19.2 Å². The van der Waals surface area contributed by atoms with E-state index in [4.69, 9.17) is 10.5 Å². The topological polar surface area (TPSA) is 64.3 Å². The lowest BCUT2D eigenvalue weighted by Gasteiger charge is -2.08. The highest BCUT2D eigenvalue weighted by atomic mass is 16.5. The lowest BCUT2D eigenvalue weighted by atomic mass is 10.1. The van der Waals surface area contributed by atoms with Gasteiger partial charge in [-0.25, -0.2) is 0 Å². The predicted octanol–water partition coefficient (Wildman–Crippen LogP) is 2.41. The number of carbonyl (C=O) groups excluding carboxylic acids is 1. The molecular formula is C15H16N2O2. The largest absolute Gasteiger partial charge is 0.497 e. The van der Waals surface area contributed by atoms with Crippen molar-refractivity contribution in [3.05, 3.63) is 59.7 Å². The smallest absolute Gasteiger partial charge is 0.248 e. The normalized spacial score (nSPS) is 9.95. The molecule has 3 N–H and O–H groups in total. The van der Waals surface area contributed by atoms with Crippen molar-refractivity contribution in [2.45, 2.75) is 6.54 Å². The van der Waals surface area contributed by atoms with Gasteiger partial charge in [-0.2, -0.15) is 0 Å². The number of rotatable bonds is 5. The van der Waals surface area contributed by atoms with Crippen LogP contribution in [0.3, 0.4) is 0 Å². The van der Waals surface area contributed by atoms with E-state index in [0.717, 1.165) is 17.0 Å². The summed E-state index contributed by atoms with van der Waals surface area (Å²) in [7, 11) is 1.63. The van der Waals surface area contributed by atoms with Gasteiger partial charge in [0.2, 0.25) is 5.91 Å². The molecule has 0 radical (unpaired) electrons. The van der Waals surface area contributed by atoms with E-state index in [9.17, 15) is 4.79 Å². The summed E-state index contributed by atoms with van der Waals surface area (Å²) in [5, 5.41) is 3.27. The van der Waals surface area contributed by atoms with Gasteiger partial charge in [0.15, 0.2) is 0 Å². The molecule has 1 amide bonds. The summed E-state index contributed by atoms with van der Waals surface area (Å²) < 4.78 is 5.16. The van der Waals surface area contributed by atoms with Gasteiger partial charge < -0.3 is 15.8 Å². The molecule has 0 spiro atoms. The second-order valence-corrected chi connectivity index (χ2v) is 4.15. The number of amides is 1. The van der Waals surface area contributed by atoms with Crippen molar-refractivity contribution in [3.8, 4) is 5.75 Å². The lowest BCUT2D eigenvalue weighted by Crippen LogP contribution is -2.11. The summed E-state index contributed by atoms with van der Waals surface area (Å²) in [6.45, 7) is 0.619. The zero-order chi connectivity index (χ0) is 13.7. The van der Waals surface area contributed by atoms with Crippen molar-refractivity contribution in [3.63, 3.8) is 0 Å². The third-order valence-electron chi connectivity index (χ3n) is 2.78. The highest BCUT2D eigenvalue weighted by Gasteiger charge is 2.01. The first-order chi connectivity index (χ1) is 9.19. The zero-order valence-electron chi connectivity index (χ0n) is 10.7. The van der Waals surface area contributed by atoms with E-state index in [1.165, 1.54) is 0 Å². The van der Waals surface area contributed by atoms with Crippen LogP contribution in [-0.2, 0) is 6.54 Å². The van der Waals surface area contributed by atoms with Crippen LogP contribution in [0.15, 0.2) is 48.5 Å². The number of primary amides is 1. The number of hydrogen-bond acceptors (Lipinski definition) is 3. The molecule has 4 nitrogen and oxygen atoms in total. The van der Waals surface area contributed by atoms with Crippen molar-refractivity contribution in [1.29, 1.82) is 0 Å². The van der Waals surface area contributed by atoms with Crippen LogP contribution in [0.25, 0.3) is 0 Å². The number of anilines is 1. The van der Waals surface area contributed by atoms with Gasteiger partial charge in [0, 0.05) is 23.9 Å². The molecule has 0 aliphatic rings. The number of benzene rings is 2. The molecule has 2 aromatic carbocycles. The minimum absolute atomic E-state index is 0.414. The number of nitrogens with two attached hydrogens (primary N) is 1. The molecule has 0 saturated heterocycles. The molecule has 0 fully saturated rings. The molecule has 0 heterocycles. The van der Waals surface area contributed by atoms with Crippen LogP contribution in [0.5, 0.6) is 5.75 Å². The fourth-order valence-corrected chi connectivity index (χ4v) is 1.77. The summed E-state index contributed by atoms with van der Waals surface area (Å²) in [6, 6.07) is 14.9. The fraction of sp³-hybridized carbons (Fsp3) is 0.133. The number of ether oxygens (including phenoxy) is 1. The highest BCUT2D eigenvalue weighted by molar-refractivity contribution is 5.92. The van der Waals surface area contributed by atoms with E-state index in [0.29, 0.717) is 12.1 Å². The van der Waals surface area contributed by atoms with Crippen LogP contribution < -0.4 is 15.8 Å². The predicted molar refractivity (Wildman–Crippen MR) is 75.3 cm³/mol. The van der Waals surface area contributed by atoms with Gasteiger partial charge in [-0.1, -0.05) is 18.2 Å². The van der Waals surface area contributed by atoms with Crippen molar-refractivity contribution < 1.29 is 9.53 Å². The van der Waals surface area contributed by atoms with Crippen molar-refractivity contribution in [1.82, 2.24) is 0 Å². The van der Waals surface area contributed by atoms with Crippen LogP contribution >= 0.6 is 0 Å². The molecule has 0 bridgehead atoms. The standard InChI is InChI=1S/C15H16N2O2/c1-19-14-7-3-6-13(9-14)17-10-11-4-2-5-12(8-11)15(16)18/h2-9,17H,10H2,1H3,(H2,16,18). The molecule has 0 unspecified atom stereocenters. The minimum atomic E-state index is -0.414. The van der Waals surface area contributed by atoms with E-state index in [1.807, 2.05) is 36.4 Å². The second kappa shape index (κ2) is 5.91. The molecule has 2 rings (SSSR count). The van der Waals surface area contributed by atoms with Gasteiger partial charge in [-0.3, -0.25) is 4.79 Å². The van der Waals surface area contributed by atoms with Gasteiger partial charge in [-0.15, -0.1) is 0 Å². The monoisotopic (exact) mass is 256 g/mol. The Morgan fingerprint density at radius 1 is 1.21 bits per heavy atom. The molecule has 2 aromatic rings. The number of hydrogen-bond donors (Lipinski definition) is 2. The summed E-state index contributed by atoms with van der Waals surface area (Å²) in [6.07, 6.45) is 0. The molecule has 4 heteroatoms. The summed E-state index contributed by atoms with van der Waals surface area (Å²) in [5.41, 5.74) is 7.73. The Labute approximate surface area is 112 Å². The van der Waals surface area contributed by atoms with Crippen molar-refractivity contribution in [2.75, 3.05) is 12.4 Å². The van der Waals surface area contributed by atoms with E-state index in [-0.39, 0.29) is 0 Å². The van der Waals surface area contributed by atoms with Gasteiger partial charge >= 0.3 is 0 Å². The second-order valence-electron chi connectivity index (χ2n) is 4.15. The molecule has 0 atom stereocenters. The Kier molecular flexibility index (Phi) is 4.03. The maximum atomic E-state index is 11.1. The maximum absolute atomic E-state index is 11.1. The Morgan fingerprint density at radius 3 is 2.74 bits per heavy atom. The molecule has 98 valence electrons. The quantitative estimate of drug-likeness (QED) is 0.863. The van der Waals surface area contributed by atoms with Crippen LogP contribution in [0.1, 0.15) is 15.9 Å². The number of carbonyl (C=O) groups is 1. The lowest BCUT2D eigenvalue weighted by molar-refractivity contribution is 0.1000. The van der Waals surface area contributed by atoms with Gasteiger partial charge in [0.05, 0.1) is 7.11 Å². The third-order valence-corrected chi connectivity index (χ3v) is 2.78. The first kappa shape index (κ1) is 13.0. The van der Waals surface area contributed by atoms with Crippen molar-refractivity contribution >= 4 is 11.6 Å². The highest BCUT2D eigenvalue weighted by Crippen LogP contribution is 2.17. The van der Waals surface area contributed by atoms with Gasteiger partial charge in [-0.05, 0) is 29.8 Å². The first-order valence-corrected chi connectivity index (χ1v) is 5.96. The zero-order valence-corrected chi connectivity index (χ0v) is 10.7. The molecule has 0 aliphatic heterocycles. The SMILES string of the molecule is COc1cccc(NCc2cccc(C(N)=O)c2)c1. The Bertz CT molecular complexity index is 582. The minimum Gasteiger partial charge on any atom is -0.497 e. The summed E-state index contributed by atoms with van der Waals surface area (Å²) >= 11 is 0. The van der Waals surface area contributed by atoms with Gasteiger partial charge in [0.25, 0.3) is 0 Å². The summed E-state index contributed by atoms with van der Waals surface area (Å²) in [4.78, 5) is 11.1. The Hall–Kier alpha value is -2.49. The molecule has 0 saturated carbocycles. The van der Waals surface area contributed by atoms with Crippen LogP contribution in [0.2, 0.25) is 0 Å². The van der Waals surface area contributed by atoms with Crippen LogP contribution in [0, 0.1) is 0 Å². The molecular weight excluding hydrogens is 240 g/mol. The maximum Gasteiger partial charge on any atom is 0.248 e. The van der Waals surface area contributed by atoms with E-state index in [2.05, 4.69) is 5.32 Å². The van der Waals surface area contributed by atoms with Crippen LogP contribution in [-0.4, -0.2) is 13.0 Å². The first-order valence-electron chi connectivity index (χ1n) is 5.96. The average Bonchev–Trinajstić information content (AvgIpc) is 2.45. The molecule has 0 aliphatic carbocycles. The molecule has 0 aromatic heterocycles. The Balaban J connectivity index is 2.05. The van der Waals surface area contributed by atoms with E-state index >= 15 is 0 Å². The summed E-state index contributed by atoms with van der Waals surface area (Å²) in [5.74, 6) is 0.388. The molecule has 19 heavy (non-hydrogen) atoms. The van der Waals surface area contributed by atoms with E-state index < -0.39 is 5.91 Å². The number of methoxy groups -OCH3 is 1. The Morgan fingerprint density at radius 2 is 2.00 bits per heavy atom. The van der Waals surface area contributed by atoms with Gasteiger partial charge in [0.1, 0.15) is 5.75 Å². The average molecular weight is 256 g/mol. The van der Waals surface area contributed by atoms with Crippen molar-refractivity contribution in [2.24, 2.45) is 5.73 Å². The van der Waals surface area contributed by atoms with Crippen LogP contribution in [0.4, 0.5) is 5.69 Å². The number of nitrogens with one attached hydrogen (secondary N) is 1.